The number of hydrogen-bond acceptors (Lipinski definition) is 5. The lowest BCUT2D eigenvalue weighted by Crippen LogP contribution is -2.25. The lowest BCUT2D eigenvalue weighted by Gasteiger charge is -2.22. The Labute approximate surface area is 103 Å². The maximum atomic E-state index is 5.65. The number of nitrogens with one attached hydrogen (secondary N) is 1. The Morgan fingerprint density at radius 3 is 2.71 bits per heavy atom. The number of rotatable bonds is 6. The first-order valence-electron chi connectivity index (χ1n) is 5.68. The predicted octanol–water partition coefficient (Wildman–Crippen LogP) is 2.02. The van der Waals surface area contributed by atoms with Gasteiger partial charge in [-0.15, -0.1) is 0 Å². The summed E-state index contributed by atoms with van der Waals surface area (Å²) in [5.41, 5.74) is 0.756. The summed E-state index contributed by atoms with van der Waals surface area (Å²) >= 11 is 0. The fraction of sp³-hybridized carbons (Fsp3) is 0.667. The van der Waals surface area contributed by atoms with Crippen LogP contribution in [0.2, 0.25) is 0 Å². The van der Waals surface area contributed by atoms with Crippen molar-refractivity contribution in [3.8, 4) is 5.88 Å². The van der Waals surface area contributed by atoms with E-state index in [1.165, 1.54) is 0 Å². The van der Waals surface area contributed by atoms with Gasteiger partial charge in [-0.05, 0) is 20.8 Å². The summed E-state index contributed by atoms with van der Waals surface area (Å²) in [6.07, 6.45) is 2.55. The third-order valence-corrected chi connectivity index (χ3v) is 2.64. The summed E-state index contributed by atoms with van der Waals surface area (Å²) in [6, 6.07) is 0. The zero-order valence-corrected chi connectivity index (χ0v) is 11.2. The van der Waals surface area contributed by atoms with Gasteiger partial charge in [0.15, 0.2) is 0 Å². The van der Waals surface area contributed by atoms with Crippen LogP contribution in [0.1, 0.15) is 25.8 Å². The minimum Gasteiger partial charge on any atom is -0.477 e. The molecule has 0 aliphatic carbocycles. The molecule has 1 heterocycles. The lowest BCUT2D eigenvalue weighted by atomic mass is 10.1. The zero-order valence-electron chi connectivity index (χ0n) is 11.2. The van der Waals surface area contributed by atoms with Gasteiger partial charge in [0.1, 0.15) is 0 Å². The van der Waals surface area contributed by atoms with E-state index in [1.807, 2.05) is 20.8 Å². The molecule has 0 spiro atoms. The van der Waals surface area contributed by atoms with E-state index in [4.69, 9.17) is 9.47 Å². The first-order chi connectivity index (χ1) is 7.98. The van der Waals surface area contributed by atoms with E-state index in [9.17, 15) is 0 Å². The van der Waals surface area contributed by atoms with Crippen LogP contribution in [0.25, 0.3) is 0 Å². The molecule has 1 aromatic rings. The van der Waals surface area contributed by atoms with Gasteiger partial charge in [0.25, 0.3) is 0 Å². The van der Waals surface area contributed by atoms with Crippen LogP contribution in [-0.4, -0.2) is 36.3 Å². The molecule has 0 saturated heterocycles. The highest BCUT2D eigenvalue weighted by atomic mass is 16.5. The summed E-state index contributed by atoms with van der Waals surface area (Å²) in [6.45, 7) is 6.56. The van der Waals surface area contributed by atoms with E-state index in [0.717, 1.165) is 12.0 Å². The Morgan fingerprint density at radius 1 is 1.41 bits per heavy atom. The minimum absolute atomic E-state index is 0.174. The van der Waals surface area contributed by atoms with Crippen molar-refractivity contribution in [1.29, 1.82) is 0 Å². The van der Waals surface area contributed by atoms with Gasteiger partial charge in [-0.3, -0.25) is 0 Å². The molecule has 0 fully saturated rings. The van der Waals surface area contributed by atoms with E-state index in [0.29, 0.717) is 18.4 Å². The highest BCUT2D eigenvalue weighted by molar-refractivity contribution is 5.31. The summed E-state index contributed by atoms with van der Waals surface area (Å²) < 4.78 is 11.0. The summed E-state index contributed by atoms with van der Waals surface area (Å²) in [5, 5.41) is 2.89. The molecule has 1 aromatic heterocycles. The van der Waals surface area contributed by atoms with E-state index in [1.54, 1.807) is 20.4 Å². The van der Waals surface area contributed by atoms with Crippen molar-refractivity contribution in [3.63, 3.8) is 0 Å². The second-order valence-corrected chi connectivity index (χ2v) is 4.49. The first-order valence-corrected chi connectivity index (χ1v) is 5.68. The van der Waals surface area contributed by atoms with Crippen molar-refractivity contribution in [1.82, 2.24) is 9.97 Å². The van der Waals surface area contributed by atoms with Gasteiger partial charge < -0.3 is 14.8 Å². The van der Waals surface area contributed by atoms with Crippen molar-refractivity contribution in [2.75, 3.05) is 26.1 Å². The normalized spacial score (nSPS) is 11.4. The summed E-state index contributed by atoms with van der Waals surface area (Å²) in [4.78, 5) is 8.35. The van der Waals surface area contributed by atoms with Crippen molar-refractivity contribution in [3.05, 3.63) is 11.8 Å². The van der Waals surface area contributed by atoms with Gasteiger partial charge in [-0.1, -0.05) is 0 Å². The molecule has 0 unspecified atom stereocenters. The van der Waals surface area contributed by atoms with E-state index < -0.39 is 0 Å². The highest BCUT2D eigenvalue weighted by Gasteiger charge is 2.16. The average Bonchev–Trinajstić information content (AvgIpc) is 2.31. The molecule has 17 heavy (non-hydrogen) atoms. The van der Waals surface area contributed by atoms with Gasteiger partial charge in [0.05, 0.1) is 12.2 Å². The average molecular weight is 239 g/mol. The van der Waals surface area contributed by atoms with Gasteiger partial charge in [-0.2, -0.15) is 4.98 Å². The number of nitrogens with zero attached hydrogens (tertiary/aromatic N) is 2. The van der Waals surface area contributed by atoms with Crippen LogP contribution in [0.3, 0.4) is 0 Å². The van der Waals surface area contributed by atoms with Gasteiger partial charge >= 0.3 is 0 Å². The van der Waals surface area contributed by atoms with Crippen molar-refractivity contribution < 1.29 is 9.47 Å². The molecule has 0 amide bonds. The Morgan fingerprint density at radius 2 is 2.12 bits per heavy atom. The lowest BCUT2D eigenvalue weighted by molar-refractivity contribution is 0.00502. The maximum Gasteiger partial charge on any atom is 0.225 e. The third kappa shape index (κ3) is 4.19. The van der Waals surface area contributed by atoms with Gasteiger partial charge in [-0.25, -0.2) is 4.98 Å². The van der Waals surface area contributed by atoms with E-state index in [2.05, 4.69) is 15.3 Å². The van der Waals surface area contributed by atoms with Crippen LogP contribution in [-0.2, 0) is 4.74 Å². The molecule has 0 atom stereocenters. The monoisotopic (exact) mass is 239 g/mol. The van der Waals surface area contributed by atoms with E-state index in [-0.39, 0.29) is 5.60 Å². The second kappa shape index (κ2) is 5.82. The van der Waals surface area contributed by atoms with Crippen LogP contribution < -0.4 is 10.1 Å². The number of aryl methyl sites for hydroxylation is 1. The first kappa shape index (κ1) is 13.7. The van der Waals surface area contributed by atoms with Crippen LogP contribution in [0.5, 0.6) is 5.88 Å². The maximum absolute atomic E-state index is 5.65. The molecule has 0 aromatic carbocycles. The van der Waals surface area contributed by atoms with Crippen molar-refractivity contribution in [2.45, 2.75) is 32.8 Å². The molecule has 96 valence electrons. The number of aromatic nitrogens is 2. The van der Waals surface area contributed by atoms with Gasteiger partial charge in [0.2, 0.25) is 11.8 Å². The summed E-state index contributed by atoms with van der Waals surface area (Å²) in [7, 11) is 3.48. The quantitative estimate of drug-likeness (QED) is 0.823. The minimum atomic E-state index is -0.174. The molecule has 0 radical (unpaired) electrons. The fourth-order valence-electron chi connectivity index (χ4n) is 1.19. The van der Waals surface area contributed by atoms with Crippen LogP contribution in [0.15, 0.2) is 6.20 Å². The molecule has 0 saturated carbocycles. The van der Waals surface area contributed by atoms with Crippen molar-refractivity contribution in [2.24, 2.45) is 0 Å². The zero-order chi connectivity index (χ0) is 12.9. The van der Waals surface area contributed by atoms with Gasteiger partial charge in [0, 0.05) is 32.3 Å². The molecular weight excluding hydrogens is 218 g/mol. The molecule has 1 rings (SSSR count). The Kier molecular flexibility index (Phi) is 4.69. The number of hydrogen-bond donors (Lipinski definition) is 1. The Hall–Kier alpha value is -1.36. The predicted molar refractivity (Wildman–Crippen MR) is 67.5 cm³/mol. The molecule has 5 nitrogen and oxygen atoms in total. The number of ether oxygens (including phenoxy) is 2. The highest BCUT2D eigenvalue weighted by Crippen LogP contribution is 2.17. The number of methoxy groups -OCH3 is 1. The molecule has 0 bridgehead atoms. The third-order valence-electron chi connectivity index (χ3n) is 2.64. The standard InChI is InChI=1S/C12H21N3O2/c1-9-8-14-11(13-4)15-10(9)17-7-6-12(2,3)16-5/h8H,6-7H2,1-5H3,(H,13,14,15). The SMILES string of the molecule is CNc1ncc(C)c(OCCC(C)(C)OC)n1. The van der Waals surface area contributed by atoms with Crippen LogP contribution >= 0.6 is 0 Å². The largest absolute Gasteiger partial charge is 0.477 e. The van der Waals surface area contributed by atoms with E-state index >= 15 is 0 Å². The second-order valence-electron chi connectivity index (χ2n) is 4.49. The smallest absolute Gasteiger partial charge is 0.225 e. The van der Waals surface area contributed by atoms with Crippen molar-refractivity contribution >= 4 is 5.95 Å². The van der Waals surface area contributed by atoms with Crippen LogP contribution in [0.4, 0.5) is 5.95 Å². The topological polar surface area (TPSA) is 56.3 Å². The molecular formula is C12H21N3O2. The molecule has 1 N–H and O–H groups in total. The summed E-state index contributed by atoms with van der Waals surface area (Å²) in [5.74, 6) is 1.19. The molecule has 0 aliphatic rings. The Balaban J connectivity index is 2.57. The fourth-order valence-corrected chi connectivity index (χ4v) is 1.19. The molecule has 5 heteroatoms. The Bertz CT molecular complexity index is 367. The van der Waals surface area contributed by atoms with Crippen LogP contribution in [0, 0.1) is 6.92 Å². The number of anilines is 1. The molecule has 0 aliphatic heterocycles.